The summed E-state index contributed by atoms with van der Waals surface area (Å²) in [6, 6.07) is 0. The second-order valence-corrected chi connectivity index (χ2v) is 12.0. The Morgan fingerprint density at radius 1 is 1.13 bits per heavy atom. The number of aliphatic hydroxyl groups is 1. The van der Waals surface area contributed by atoms with Gasteiger partial charge in [-0.25, -0.2) is 0 Å². The highest BCUT2D eigenvalue weighted by Gasteiger charge is 2.57. The molecular weight excluding hydrogens is 364 g/mol. The summed E-state index contributed by atoms with van der Waals surface area (Å²) in [5.41, 5.74) is 4.04. The van der Waals surface area contributed by atoms with Gasteiger partial charge in [-0.1, -0.05) is 63.6 Å². The van der Waals surface area contributed by atoms with Crippen LogP contribution in [0.3, 0.4) is 0 Å². The van der Waals surface area contributed by atoms with E-state index < -0.39 is 0 Å². The van der Waals surface area contributed by atoms with E-state index in [1.54, 1.807) is 0 Å². The number of rotatable bonds is 5. The number of allylic oxidation sites excluding steroid dienone is 5. The maximum Gasteiger partial charge on any atom is 0.0543 e. The first-order chi connectivity index (χ1) is 14.2. The van der Waals surface area contributed by atoms with Crippen LogP contribution in [0.25, 0.3) is 0 Å². The predicted octanol–water partition coefficient (Wildman–Crippen LogP) is 7.72. The zero-order valence-corrected chi connectivity index (χ0v) is 20.3. The summed E-state index contributed by atoms with van der Waals surface area (Å²) in [6.45, 7) is 16.3. The average Bonchev–Trinajstić information content (AvgIpc) is 3.06. The molecule has 1 N–H and O–H groups in total. The van der Waals surface area contributed by atoms with E-state index in [2.05, 4.69) is 59.4 Å². The van der Waals surface area contributed by atoms with E-state index in [0.717, 1.165) is 37.0 Å². The van der Waals surface area contributed by atoms with Crippen LogP contribution in [0.15, 0.2) is 36.0 Å². The number of hydrogen-bond acceptors (Lipinski definition) is 1. The van der Waals surface area contributed by atoms with Crippen LogP contribution >= 0.6 is 0 Å². The molecule has 0 heterocycles. The molecule has 0 radical (unpaired) electrons. The Hall–Kier alpha value is -0.820. The molecule has 0 aromatic carbocycles. The van der Waals surface area contributed by atoms with Crippen molar-refractivity contribution in [1.82, 2.24) is 0 Å². The quantitative estimate of drug-likeness (QED) is 0.460. The monoisotopic (exact) mass is 410 g/mol. The van der Waals surface area contributed by atoms with Crippen LogP contribution in [0.5, 0.6) is 0 Å². The SMILES string of the molecule is C=C(C)C(C=C[C@@H](C)[C@H]1CC[C@H]2C3=CCC4C[C@@H](O)CC[C@]4(C)[C@H]3CC[C@]12C)CC. The maximum atomic E-state index is 10.3. The van der Waals surface area contributed by atoms with Crippen molar-refractivity contribution >= 4 is 0 Å². The Morgan fingerprint density at radius 2 is 1.83 bits per heavy atom. The molecule has 168 valence electrons. The van der Waals surface area contributed by atoms with Gasteiger partial charge >= 0.3 is 0 Å². The van der Waals surface area contributed by atoms with Gasteiger partial charge in [0.1, 0.15) is 0 Å². The maximum absolute atomic E-state index is 10.3. The molecule has 0 bridgehead atoms. The Balaban J connectivity index is 1.54. The minimum absolute atomic E-state index is 0.0541. The summed E-state index contributed by atoms with van der Waals surface area (Å²) < 4.78 is 0. The normalized spacial score (nSPS) is 45.3. The topological polar surface area (TPSA) is 20.2 Å². The summed E-state index contributed by atoms with van der Waals surface area (Å²) in [7, 11) is 0. The van der Waals surface area contributed by atoms with E-state index in [0.29, 0.717) is 28.6 Å². The van der Waals surface area contributed by atoms with Crippen LogP contribution in [-0.2, 0) is 0 Å². The third-order valence-corrected chi connectivity index (χ3v) is 10.5. The first-order valence-electron chi connectivity index (χ1n) is 12.9. The van der Waals surface area contributed by atoms with Gasteiger partial charge in [-0.05, 0) is 111 Å². The number of fused-ring (bicyclic) bond motifs is 5. The Morgan fingerprint density at radius 3 is 2.53 bits per heavy atom. The fraction of sp³-hybridized carbons (Fsp3) is 0.793. The summed E-state index contributed by atoms with van der Waals surface area (Å²) >= 11 is 0. The van der Waals surface area contributed by atoms with Gasteiger partial charge in [-0.15, -0.1) is 0 Å². The van der Waals surface area contributed by atoms with Crippen molar-refractivity contribution in [2.45, 2.75) is 98.5 Å². The summed E-state index contributed by atoms with van der Waals surface area (Å²) in [4.78, 5) is 0. The van der Waals surface area contributed by atoms with Gasteiger partial charge in [0.25, 0.3) is 0 Å². The van der Waals surface area contributed by atoms with Crippen LogP contribution in [0.1, 0.15) is 92.4 Å². The van der Waals surface area contributed by atoms with Crippen molar-refractivity contribution in [3.05, 3.63) is 36.0 Å². The van der Waals surface area contributed by atoms with E-state index in [1.165, 1.54) is 44.1 Å². The van der Waals surface area contributed by atoms with Gasteiger partial charge in [-0.2, -0.15) is 0 Å². The molecule has 3 saturated carbocycles. The smallest absolute Gasteiger partial charge is 0.0543 e. The molecular formula is C29H46O. The summed E-state index contributed by atoms with van der Waals surface area (Å²) in [5, 5.41) is 10.3. The van der Waals surface area contributed by atoms with E-state index >= 15 is 0 Å². The molecule has 0 aliphatic heterocycles. The molecule has 1 heteroatoms. The minimum Gasteiger partial charge on any atom is -0.393 e. The molecule has 30 heavy (non-hydrogen) atoms. The predicted molar refractivity (Wildman–Crippen MR) is 128 cm³/mol. The van der Waals surface area contributed by atoms with Gasteiger partial charge in [0, 0.05) is 0 Å². The van der Waals surface area contributed by atoms with E-state index in [1.807, 2.05) is 5.57 Å². The third-order valence-electron chi connectivity index (χ3n) is 10.5. The molecule has 0 spiro atoms. The van der Waals surface area contributed by atoms with Crippen LogP contribution in [0.4, 0.5) is 0 Å². The molecule has 1 nitrogen and oxygen atoms in total. The van der Waals surface area contributed by atoms with Gasteiger partial charge < -0.3 is 5.11 Å². The first-order valence-corrected chi connectivity index (χ1v) is 12.9. The van der Waals surface area contributed by atoms with Gasteiger partial charge in [0.15, 0.2) is 0 Å². The molecule has 0 amide bonds. The summed E-state index contributed by atoms with van der Waals surface area (Å²) in [5.74, 6) is 4.27. The average molecular weight is 411 g/mol. The lowest BCUT2D eigenvalue weighted by Gasteiger charge is -2.57. The highest BCUT2D eigenvalue weighted by Crippen LogP contribution is 2.66. The molecule has 0 saturated heterocycles. The van der Waals surface area contributed by atoms with Crippen molar-refractivity contribution in [1.29, 1.82) is 0 Å². The van der Waals surface area contributed by atoms with Gasteiger partial charge in [0.2, 0.25) is 0 Å². The lowest BCUT2D eigenvalue weighted by Crippen LogP contribution is -2.49. The van der Waals surface area contributed by atoms with Crippen molar-refractivity contribution in [3.63, 3.8) is 0 Å². The Bertz CT molecular complexity index is 716. The van der Waals surface area contributed by atoms with Crippen molar-refractivity contribution in [2.75, 3.05) is 0 Å². The molecule has 9 atom stereocenters. The fourth-order valence-electron chi connectivity index (χ4n) is 8.49. The second kappa shape index (κ2) is 8.27. The highest BCUT2D eigenvalue weighted by atomic mass is 16.3. The lowest BCUT2D eigenvalue weighted by atomic mass is 9.47. The highest BCUT2D eigenvalue weighted by molar-refractivity contribution is 5.28. The van der Waals surface area contributed by atoms with Crippen molar-refractivity contribution < 1.29 is 5.11 Å². The first kappa shape index (κ1) is 22.4. The van der Waals surface area contributed by atoms with Crippen LogP contribution < -0.4 is 0 Å². The molecule has 0 aromatic rings. The second-order valence-electron chi connectivity index (χ2n) is 12.0. The fourth-order valence-corrected chi connectivity index (χ4v) is 8.49. The van der Waals surface area contributed by atoms with Crippen molar-refractivity contribution in [2.24, 2.45) is 46.3 Å². The van der Waals surface area contributed by atoms with E-state index in [4.69, 9.17) is 0 Å². The summed E-state index contributed by atoms with van der Waals surface area (Å²) in [6.07, 6.45) is 18.8. The van der Waals surface area contributed by atoms with Crippen molar-refractivity contribution in [3.8, 4) is 0 Å². The Labute approximate surface area is 186 Å². The molecule has 2 unspecified atom stereocenters. The molecule has 3 fully saturated rings. The van der Waals surface area contributed by atoms with Gasteiger partial charge in [-0.3, -0.25) is 0 Å². The third kappa shape index (κ3) is 3.58. The minimum atomic E-state index is -0.0541. The molecule has 4 aliphatic carbocycles. The van der Waals surface area contributed by atoms with Crippen LogP contribution in [-0.4, -0.2) is 11.2 Å². The van der Waals surface area contributed by atoms with Gasteiger partial charge in [0.05, 0.1) is 6.10 Å². The van der Waals surface area contributed by atoms with Crippen LogP contribution in [0.2, 0.25) is 0 Å². The van der Waals surface area contributed by atoms with E-state index in [-0.39, 0.29) is 6.10 Å². The lowest BCUT2D eigenvalue weighted by molar-refractivity contribution is -0.0414. The zero-order valence-electron chi connectivity index (χ0n) is 20.3. The van der Waals surface area contributed by atoms with Crippen LogP contribution in [0, 0.1) is 46.3 Å². The van der Waals surface area contributed by atoms with E-state index in [9.17, 15) is 5.11 Å². The largest absolute Gasteiger partial charge is 0.393 e. The Kier molecular flexibility index (Phi) is 6.17. The number of aliphatic hydroxyl groups excluding tert-OH is 1. The molecule has 0 aromatic heterocycles. The zero-order chi connectivity index (χ0) is 21.7. The molecule has 4 rings (SSSR count). The standard InChI is InChI=1S/C29H46O/c1-7-21(19(2)3)9-8-20(4)25-12-13-26-24-11-10-22-18-23(30)14-16-28(22,5)27(24)15-17-29(25,26)6/h8-9,11,20-23,25-27,30H,2,7,10,12-18H2,1,3-6H3/t20-,21?,22?,23+,25-,26+,27+,28+,29-/m1/s1. The number of hydrogen-bond donors (Lipinski definition) is 1. The molecule has 4 aliphatic rings.